The summed E-state index contributed by atoms with van der Waals surface area (Å²) in [5.41, 5.74) is 0.170. The molecule has 1 unspecified atom stereocenters. The number of halogens is 1. The van der Waals surface area contributed by atoms with E-state index >= 15 is 0 Å². The van der Waals surface area contributed by atoms with Crippen molar-refractivity contribution in [3.63, 3.8) is 0 Å². The first-order valence-electron chi connectivity index (χ1n) is 5.44. The van der Waals surface area contributed by atoms with E-state index in [-0.39, 0.29) is 6.42 Å². The molecule has 1 rings (SSSR count). The summed E-state index contributed by atoms with van der Waals surface area (Å²) in [7, 11) is 0. The predicted octanol–water partition coefficient (Wildman–Crippen LogP) is 3.21. The Morgan fingerprint density at radius 2 is 2.00 bits per heavy atom. The number of aliphatic hydroxyl groups is 1. The van der Waals surface area contributed by atoms with Crippen LogP contribution in [0.2, 0.25) is 0 Å². The minimum atomic E-state index is -0.847. The Morgan fingerprint density at radius 1 is 1.41 bits per heavy atom. The summed E-state index contributed by atoms with van der Waals surface area (Å²) >= 11 is 3.34. The van der Waals surface area contributed by atoms with Gasteiger partial charge in [0, 0.05) is 4.47 Å². The van der Waals surface area contributed by atoms with Gasteiger partial charge in [0.1, 0.15) is 5.60 Å². The lowest BCUT2D eigenvalue weighted by Crippen LogP contribution is -2.25. The van der Waals surface area contributed by atoms with Crippen molar-refractivity contribution < 1.29 is 14.6 Å². The predicted molar refractivity (Wildman–Crippen MR) is 69.6 cm³/mol. The highest BCUT2D eigenvalue weighted by Gasteiger charge is 2.21. The molecule has 0 bridgehead atoms. The minimum Gasteiger partial charge on any atom is -0.460 e. The molecule has 94 valence electrons. The molecule has 0 spiro atoms. The lowest BCUT2D eigenvalue weighted by molar-refractivity contribution is -0.157. The maximum Gasteiger partial charge on any atom is 0.309 e. The van der Waals surface area contributed by atoms with Gasteiger partial charge in [0.2, 0.25) is 0 Å². The van der Waals surface area contributed by atoms with Gasteiger partial charge in [0.05, 0.1) is 12.5 Å². The van der Waals surface area contributed by atoms with Gasteiger partial charge in [-0.3, -0.25) is 4.79 Å². The number of hydrogen-bond donors (Lipinski definition) is 1. The van der Waals surface area contributed by atoms with Crippen molar-refractivity contribution in [1.82, 2.24) is 0 Å². The molecule has 4 heteroatoms. The fraction of sp³-hybridized carbons (Fsp3) is 0.462. The van der Waals surface area contributed by atoms with Crippen LogP contribution in [0, 0.1) is 0 Å². The Kier molecular flexibility index (Phi) is 4.71. The van der Waals surface area contributed by atoms with Crippen LogP contribution in [0.25, 0.3) is 0 Å². The van der Waals surface area contributed by atoms with Gasteiger partial charge in [-0.1, -0.05) is 34.1 Å². The Balaban J connectivity index is 2.64. The summed E-state index contributed by atoms with van der Waals surface area (Å²) < 4.78 is 5.94. The average Bonchev–Trinajstić information content (AvgIpc) is 2.14. The number of hydrogen-bond acceptors (Lipinski definition) is 3. The summed E-state index contributed by atoms with van der Waals surface area (Å²) in [6.07, 6.45) is -0.889. The number of ether oxygens (including phenoxy) is 1. The molecule has 1 atom stereocenters. The van der Waals surface area contributed by atoms with Gasteiger partial charge in [-0.15, -0.1) is 0 Å². The second-order valence-corrected chi connectivity index (χ2v) is 5.68. The molecular weight excluding hydrogens is 284 g/mol. The van der Waals surface area contributed by atoms with E-state index in [1.54, 1.807) is 26.8 Å². The van der Waals surface area contributed by atoms with Crippen LogP contribution in [-0.2, 0) is 9.53 Å². The monoisotopic (exact) mass is 300 g/mol. The molecule has 3 nitrogen and oxygen atoms in total. The summed E-state index contributed by atoms with van der Waals surface area (Å²) in [6.45, 7) is 5.40. The molecule has 1 N–H and O–H groups in total. The smallest absolute Gasteiger partial charge is 0.309 e. The van der Waals surface area contributed by atoms with Gasteiger partial charge in [0.15, 0.2) is 0 Å². The topological polar surface area (TPSA) is 46.5 Å². The van der Waals surface area contributed by atoms with Crippen LogP contribution in [0.3, 0.4) is 0 Å². The Morgan fingerprint density at radius 3 is 2.53 bits per heavy atom. The van der Waals surface area contributed by atoms with Crippen molar-refractivity contribution in [2.45, 2.75) is 38.9 Å². The maximum absolute atomic E-state index is 11.6. The molecule has 1 aromatic carbocycles. The van der Waals surface area contributed by atoms with Gasteiger partial charge in [0.25, 0.3) is 0 Å². The standard InChI is InChI=1S/C13H17BrO3/c1-13(2,3)17-12(16)8-11(15)9-6-4-5-7-10(9)14/h4-7,11,15H,8H2,1-3H3. The highest BCUT2D eigenvalue weighted by atomic mass is 79.9. The molecule has 0 aliphatic heterocycles. The van der Waals surface area contributed by atoms with E-state index in [1.807, 2.05) is 18.2 Å². The normalized spacial score (nSPS) is 13.2. The van der Waals surface area contributed by atoms with E-state index < -0.39 is 17.7 Å². The molecule has 17 heavy (non-hydrogen) atoms. The minimum absolute atomic E-state index is 0.0418. The first kappa shape index (κ1) is 14.2. The highest BCUT2D eigenvalue weighted by Crippen LogP contribution is 2.26. The summed E-state index contributed by atoms with van der Waals surface area (Å²) in [6, 6.07) is 7.28. The van der Waals surface area contributed by atoms with E-state index in [2.05, 4.69) is 15.9 Å². The Bertz CT molecular complexity index is 396. The van der Waals surface area contributed by atoms with E-state index in [0.29, 0.717) is 5.56 Å². The number of carbonyl (C=O) groups is 1. The largest absolute Gasteiger partial charge is 0.460 e. The molecule has 0 saturated carbocycles. The first-order chi connectivity index (χ1) is 7.79. The van der Waals surface area contributed by atoms with Crippen LogP contribution < -0.4 is 0 Å². The molecule has 0 amide bonds. The second kappa shape index (κ2) is 5.65. The number of rotatable bonds is 3. The molecule has 0 heterocycles. The number of benzene rings is 1. The maximum atomic E-state index is 11.6. The third kappa shape index (κ3) is 4.88. The Hall–Kier alpha value is -0.870. The van der Waals surface area contributed by atoms with Crippen LogP contribution in [0.15, 0.2) is 28.7 Å². The quantitative estimate of drug-likeness (QED) is 0.872. The van der Waals surface area contributed by atoms with E-state index in [9.17, 15) is 9.90 Å². The zero-order valence-corrected chi connectivity index (χ0v) is 11.8. The average molecular weight is 301 g/mol. The van der Waals surface area contributed by atoms with Crippen LogP contribution in [-0.4, -0.2) is 16.7 Å². The summed E-state index contributed by atoms with van der Waals surface area (Å²) in [5, 5.41) is 9.94. The molecule has 1 aromatic rings. The molecule has 0 aliphatic rings. The molecule has 0 aliphatic carbocycles. The fourth-order valence-corrected chi connectivity index (χ4v) is 1.95. The van der Waals surface area contributed by atoms with Crippen molar-refractivity contribution in [2.75, 3.05) is 0 Å². The van der Waals surface area contributed by atoms with Crippen molar-refractivity contribution in [1.29, 1.82) is 0 Å². The zero-order valence-electron chi connectivity index (χ0n) is 10.2. The van der Waals surface area contributed by atoms with Crippen LogP contribution in [0.5, 0.6) is 0 Å². The number of aliphatic hydroxyl groups excluding tert-OH is 1. The Labute approximate surface area is 110 Å². The van der Waals surface area contributed by atoms with Gasteiger partial charge in [-0.05, 0) is 32.4 Å². The second-order valence-electron chi connectivity index (χ2n) is 4.83. The first-order valence-corrected chi connectivity index (χ1v) is 6.23. The highest BCUT2D eigenvalue weighted by molar-refractivity contribution is 9.10. The van der Waals surface area contributed by atoms with Crippen LogP contribution in [0.4, 0.5) is 0 Å². The molecule has 0 saturated heterocycles. The molecule has 0 aromatic heterocycles. The number of carbonyl (C=O) groups excluding carboxylic acids is 1. The SMILES string of the molecule is CC(C)(C)OC(=O)CC(O)c1ccccc1Br. The molecule has 0 radical (unpaired) electrons. The van der Waals surface area contributed by atoms with Gasteiger partial charge >= 0.3 is 5.97 Å². The molecular formula is C13H17BrO3. The van der Waals surface area contributed by atoms with Crippen LogP contribution in [0.1, 0.15) is 38.9 Å². The van der Waals surface area contributed by atoms with E-state index in [4.69, 9.17) is 4.74 Å². The fourth-order valence-electron chi connectivity index (χ4n) is 1.40. The zero-order chi connectivity index (χ0) is 13.1. The van der Waals surface area contributed by atoms with Crippen molar-refractivity contribution >= 4 is 21.9 Å². The molecule has 0 fully saturated rings. The summed E-state index contributed by atoms with van der Waals surface area (Å²) in [5.74, 6) is -0.402. The van der Waals surface area contributed by atoms with E-state index in [0.717, 1.165) is 4.47 Å². The van der Waals surface area contributed by atoms with Gasteiger partial charge in [-0.2, -0.15) is 0 Å². The van der Waals surface area contributed by atoms with Crippen molar-refractivity contribution in [2.24, 2.45) is 0 Å². The van der Waals surface area contributed by atoms with Crippen LogP contribution >= 0.6 is 15.9 Å². The number of esters is 1. The van der Waals surface area contributed by atoms with Crippen molar-refractivity contribution in [3.05, 3.63) is 34.3 Å². The van der Waals surface area contributed by atoms with E-state index in [1.165, 1.54) is 0 Å². The third-order valence-corrected chi connectivity index (χ3v) is 2.77. The van der Waals surface area contributed by atoms with Gasteiger partial charge < -0.3 is 9.84 Å². The van der Waals surface area contributed by atoms with Gasteiger partial charge in [-0.25, -0.2) is 0 Å². The summed E-state index contributed by atoms with van der Waals surface area (Å²) in [4.78, 5) is 11.6. The lowest BCUT2D eigenvalue weighted by atomic mass is 10.1. The third-order valence-electron chi connectivity index (χ3n) is 2.04. The lowest BCUT2D eigenvalue weighted by Gasteiger charge is -2.21. The van der Waals surface area contributed by atoms with Crippen molar-refractivity contribution in [3.8, 4) is 0 Å².